The first-order valence-electron chi connectivity index (χ1n) is 8.96. The van der Waals surface area contributed by atoms with Crippen LogP contribution in [0.2, 0.25) is 5.02 Å². The molecule has 0 atom stereocenters. The molecule has 2 aromatic carbocycles. The number of hydrogen-bond acceptors (Lipinski definition) is 3. The van der Waals surface area contributed by atoms with Crippen molar-refractivity contribution in [1.82, 2.24) is 25.8 Å². The van der Waals surface area contributed by atoms with E-state index in [1.807, 2.05) is 30.3 Å². The van der Waals surface area contributed by atoms with Gasteiger partial charge >= 0.3 is 0 Å². The molecule has 0 spiro atoms. The van der Waals surface area contributed by atoms with E-state index in [2.05, 4.69) is 55.9 Å². The van der Waals surface area contributed by atoms with E-state index in [4.69, 9.17) is 11.6 Å². The molecule has 3 aromatic rings. The Kier molecular flexibility index (Phi) is 6.82. The molecular weight excluding hydrogens is 360 g/mol. The number of rotatable bonds is 7. The van der Waals surface area contributed by atoms with Gasteiger partial charge in [0.05, 0.1) is 6.54 Å². The molecule has 27 heavy (non-hydrogen) atoms. The zero-order chi connectivity index (χ0) is 18.9. The van der Waals surface area contributed by atoms with Crippen LogP contribution in [-0.4, -0.2) is 34.2 Å². The van der Waals surface area contributed by atoms with E-state index >= 15 is 0 Å². The van der Waals surface area contributed by atoms with Crippen LogP contribution in [0.15, 0.2) is 59.9 Å². The molecule has 0 radical (unpaired) electrons. The number of aromatic amines is 1. The standard InChI is InChI=1S/C20H23ClN6/c1-2-22-20(23-10-9-15-5-4-8-18(21)12-15)24-13-16-6-3-7-17(11-16)19-25-14-26-27-19/h3-8,11-12,14H,2,9-10,13H2,1H3,(H2,22,23,24)(H,25,26,27). The van der Waals surface area contributed by atoms with Crippen molar-refractivity contribution in [2.24, 2.45) is 4.99 Å². The Bertz CT molecular complexity index is 876. The van der Waals surface area contributed by atoms with Gasteiger partial charge in [-0.25, -0.2) is 9.98 Å². The summed E-state index contributed by atoms with van der Waals surface area (Å²) in [6.45, 7) is 4.22. The zero-order valence-corrected chi connectivity index (χ0v) is 16.0. The lowest BCUT2D eigenvalue weighted by Gasteiger charge is -2.11. The van der Waals surface area contributed by atoms with Gasteiger partial charge in [0.25, 0.3) is 0 Å². The fraction of sp³-hybridized carbons (Fsp3) is 0.250. The molecule has 1 aromatic heterocycles. The van der Waals surface area contributed by atoms with Gasteiger partial charge in [0.15, 0.2) is 11.8 Å². The van der Waals surface area contributed by atoms with Crippen LogP contribution in [0.5, 0.6) is 0 Å². The van der Waals surface area contributed by atoms with Crippen molar-refractivity contribution >= 4 is 17.6 Å². The summed E-state index contributed by atoms with van der Waals surface area (Å²) in [5, 5.41) is 14.2. The molecule has 6 nitrogen and oxygen atoms in total. The normalized spacial score (nSPS) is 11.4. The number of benzene rings is 2. The van der Waals surface area contributed by atoms with Gasteiger partial charge in [-0.2, -0.15) is 5.10 Å². The van der Waals surface area contributed by atoms with E-state index in [0.29, 0.717) is 6.54 Å². The van der Waals surface area contributed by atoms with Gasteiger partial charge in [-0.15, -0.1) is 0 Å². The summed E-state index contributed by atoms with van der Waals surface area (Å²) in [5.74, 6) is 1.55. The van der Waals surface area contributed by atoms with Crippen LogP contribution >= 0.6 is 11.6 Å². The summed E-state index contributed by atoms with van der Waals surface area (Å²) in [7, 11) is 0. The molecule has 3 N–H and O–H groups in total. The fourth-order valence-corrected chi connectivity index (χ4v) is 2.90. The van der Waals surface area contributed by atoms with Gasteiger partial charge in [-0.05, 0) is 42.7 Å². The Labute approximate surface area is 164 Å². The Morgan fingerprint density at radius 1 is 1.11 bits per heavy atom. The van der Waals surface area contributed by atoms with Gasteiger partial charge in [-0.3, -0.25) is 5.10 Å². The number of hydrogen-bond donors (Lipinski definition) is 3. The Balaban J connectivity index is 1.59. The van der Waals surface area contributed by atoms with Crippen LogP contribution in [-0.2, 0) is 13.0 Å². The minimum Gasteiger partial charge on any atom is -0.357 e. The van der Waals surface area contributed by atoms with Crippen molar-refractivity contribution in [2.45, 2.75) is 19.9 Å². The molecular formula is C20H23ClN6. The lowest BCUT2D eigenvalue weighted by Crippen LogP contribution is -2.38. The minimum atomic E-state index is 0.578. The molecule has 140 valence electrons. The van der Waals surface area contributed by atoms with E-state index in [1.165, 1.54) is 11.9 Å². The van der Waals surface area contributed by atoms with E-state index < -0.39 is 0 Å². The minimum absolute atomic E-state index is 0.578. The van der Waals surface area contributed by atoms with Crippen molar-refractivity contribution in [2.75, 3.05) is 13.1 Å². The van der Waals surface area contributed by atoms with Crippen molar-refractivity contribution in [3.8, 4) is 11.4 Å². The SMILES string of the molecule is CCNC(=NCc1cccc(-c2ncn[nH]2)c1)NCCc1cccc(Cl)c1. The molecule has 0 aliphatic rings. The number of halogens is 1. The number of aliphatic imine (C=N–C) groups is 1. The third-order valence-corrected chi connectivity index (χ3v) is 4.21. The summed E-state index contributed by atoms with van der Waals surface area (Å²) in [6, 6.07) is 16.0. The van der Waals surface area contributed by atoms with Crippen molar-refractivity contribution in [1.29, 1.82) is 0 Å². The molecule has 7 heteroatoms. The van der Waals surface area contributed by atoms with Gasteiger partial charge in [0.1, 0.15) is 6.33 Å². The van der Waals surface area contributed by atoms with Crippen LogP contribution in [0.1, 0.15) is 18.1 Å². The first kappa shape index (κ1) is 18.9. The quantitative estimate of drug-likeness (QED) is 0.432. The maximum Gasteiger partial charge on any atom is 0.191 e. The van der Waals surface area contributed by atoms with E-state index in [1.54, 1.807) is 0 Å². The monoisotopic (exact) mass is 382 g/mol. The van der Waals surface area contributed by atoms with Crippen LogP contribution in [0.4, 0.5) is 0 Å². The predicted molar refractivity (Wildman–Crippen MR) is 110 cm³/mol. The van der Waals surface area contributed by atoms with Crippen LogP contribution in [0, 0.1) is 0 Å². The molecule has 0 saturated heterocycles. The maximum atomic E-state index is 6.04. The number of H-pyrrole nitrogens is 1. The highest BCUT2D eigenvalue weighted by molar-refractivity contribution is 6.30. The van der Waals surface area contributed by atoms with Crippen LogP contribution in [0.3, 0.4) is 0 Å². The third-order valence-electron chi connectivity index (χ3n) is 3.97. The summed E-state index contributed by atoms with van der Waals surface area (Å²) in [5.41, 5.74) is 3.31. The molecule has 0 amide bonds. The summed E-state index contributed by atoms with van der Waals surface area (Å²) < 4.78 is 0. The fourth-order valence-electron chi connectivity index (χ4n) is 2.69. The molecule has 1 heterocycles. The van der Waals surface area contributed by atoms with Crippen molar-refractivity contribution < 1.29 is 0 Å². The Hall–Kier alpha value is -2.86. The lowest BCUT2D eigenvalue weighted by molar-refractivity contribution is 0.799. The smallest absolute Gasteiger partial charge is 0.191 e. The van der Waals surface area contributed by atoms with Crippen LogP contribution in [0.25, 0.3) is 11.4 Å². The Morgan fingerprint density at radius 2 is 1.96 bits per heavy atom. The van der Waals surface area contributed by atoms with Crippen molar-refractivity contribution in [3.63, 3.8) is 0 Å². The number of nitrogens with zero attached hydrogens (tertiary/aromatic N) is 3. The topological polar surface area (TPSA) is 78.0 Å². The summed E-state index contributed by atoms with van der Waals surface area (Å²) in [4.78, 5) is 8.87. The second-order valence-electron chi connectivity index (χ2n) is 6.04. The highest BCUT2D eigenvalue weighted by atomic mass is 35.5. The third kappa shape index (κ3) is 5.82. The van der Waals surface area contributed by atoms with Gasteiger partial charge < -0.3 is 10.6 Å². The maximum absolute atomic E-state index is 6.04. The molecule has 0 aliphatic heterocycles. The average Bonchev–Trinajstić information content (AvgIpc) is 3.21. The largest absolute Gasteiger partial charge is 0.357 e. The van der Waals surface area contributed by atoms with Crippen LogP contribution < -0.4 is 10.6 Å². The second-order valence-corrected chi connectivity index (χ2v) is 6.47. The summed E-state index contributed by atoms with van der Waals surface area (Å²) >= 11 is 6.04. The first-order valence-corrected chi connectivity index (χ1v) is 9.33. The molecule has 0 bridgehead atoms. The molecule has 3 rings (SSSR count). The molecule has 0 aliphatic carbocycles. The van der Waals surface area contributed by atoms with Gasteiger partial charge in [-0.1, -0.05) is 41.9 Å². The van der Waals surface area contributed by atoms with Crippen molar-refractivity contribution in [3.05, 3.63) is 71.0 Å². The highest BCUT2D eigenvalue weighted by Crippen LogP contribution is 2.16. The number of aromatic nitrogens is 3. The average molecular weight is 383 g/mol. The van der Waals surface area contributed by atoms with E-state index in [-0.39, 0.29) is 0 Å². The van der Waals surface area contributed by atoms with Gasteiger partial charge in [0.2, 0.25) is 0 Å². The molecule has 0 saturated carbocycles. The number of guanidine groups is 1. The molecule has 0 unspecified atom stereocenters. The molecule has 0 fully saturated rings. The summed E-state index contributed by atoms with van der Waals surface area (Å²) in [6.07, 6.45) is 2.39. The van der Waals surface area contributed by atoms with Gasteiger partial charge in [0, 0.05) is 23.7 Å². The predicted octanol–water partition coefficient (Wildman–Crippen LogP) is 3.42. The number of nitrogens with one attached hydrogen (secondary N) is 3. The highest BCUT2D eigenvalue weighted by Gasteiger charge is 2.03. The zero-order valence-electron chi connectivity index (χ0n) is 15.2. The first-order chi connectivity index (χ1) is 13.2. The van der Waals surface area contributed by atoms with E-state index in [0.717, 1.165) is 47.4 Å². The lowest BCUT2D eigenvalue weighted by atomic mass is 10.1. The second kappa shape index (κ2) is 9.73. The Morgan fingerprint density at radius 3 is 2.74 bits per heavy atom. The van der Waals surface area contributed by atoms with E-state index in [9.17, 15) is 0 Å².